The first-order chi connectivity index (χ1) is 7.22. The van der Waals surface area contributed by atoms with Crippen molar-refractivity contribution >= 4 is 5.97 Å². The molecule has 0 unspecified atom stereocenters. The second-order valence-electron chi connectivity index (χ2n) is 3.02. The first-order valence-corrected chi connectivity index (χ1v) is 4.62. The average molecular weight is 209 g/mol. The van der Waals surface area contributed by atoms with Gasteiger partial charge >= 0.3 is 5.97 Å². The Hall–Kier alpha value is -1.55. The number of methoxy groups -OCH3 is 2. The lowest BCUT2D eigenvalue weighted by Crippen LogP contribution is -2.26. The standard InChI is InChI=1S/C11H15NO3/c1-12-10(11(13)15-3)8-4-6-9(14-2)7-5-8/h4-7,10,12H,1-3H3/t10-/m1/s1. The molecule has 0 bridgehead atoms. The maximum Gasteiger partial charge on any atom is 0.327 e. The Labute approximate surface area is 89.2 Å². The van der Waals surface area contributed by atoms with E-state index >= 15 is 0 Å². The Balaban J connectivity index is 2.87. The third kappa shape index (κ3) is 2.70. The number of carbonyl (C=O) groups is 1. The van der Waals surface area contributed by atoms with E-state index in [1.807, 2.05) is 24.3 Å². The number of hydrogen-bond acceptors (Lipinski definition) is 4. The van der Waals surface area contributed by atoms with Gasteiger partial charge in [-0.05, 0) is 24.7 Å². The van der Waals surface area contributed by atoms with Crippen LogP contribution in [0.3, 0.4) is 0 Å². The van der Waals surface area contributed by atoms with Crippen molar-refractivity contribution in [1.29, 1.82) is 0 Å². The fraction of sp³-hybridized carbons (Fsp3) is 0.364. The van der Waals surface area contributed by atoms with E-state index < -0.39 is 6.04 Å². The van der Waals surface area contributed by atoms with Gasteiger partial charge in [0.2, 0.25) is 0 Å². The van der Waals surface area contributed by atoms with Gasteiger partial charge in [0, 0.05) is 0 Å². The number of likely N-dealkylation sites (N-methyl/N-ethyl adjacent to an activating group) is 1. The predicted octanol–water partition coefficient (Wildman–Crippen LogP) is 1.13. The second-order valence-corrected chi connectivity index (χ2v) is 3.02. The highest BCUT2D eigenvalue weighted by molar-refractivity contribution is 5.77. The highest BCUT2D eigenvalue weighted by atomic mass is 16.5. The Kier molecular flexibility index (Phi) is 4.12. The summed E-state index contributed by atoms with van der Waals surface area (Å²) in [6.45, 7) is 0. The largest absolute Gasteiger partial charge is 0.497 e. The molecule has 1 atom stereocenters. The lowest BCUT2D eigenvalue weighted by molar-refractivity contribution is -0.143. The summed E-state index contributed by atoms with van der Waals surface area (Å²) in [7, 11) is 4.69. The molecule has 0 saturated carbocycles. The zero-order chi connectivity index (χ0) is 11.3. The maximum absolute atomic E-state index is 11.4. The van der Waals surface area contributed by atoms with Crippen molar-refractivity contribution in [2.75, 3.05) is 21.3 Å². The average Bonchev–Trinajstić information content (AvgIpc) is 2.30. The topological polar surface area (TPSA) is 47.6 Å². The summed E-state index contributed by atoms with van der Waals surface area (Å²) in [5, 5.41) is 2.89. The number of benzene rings is 1. The molecule has 0 heterocycles. The molecule has 0 saturated heterocycles. The number of hydrogen-bond donors (Lipinski definition) is 1. The normalized spacial score (nSPS) is 11.9. The molecule has 15 heavy (non-hydrogen) atoms. The highest BCUT2D eigenvalue weighted by Gasteiger charge is 2.18. The molecule has 0 spiro atoms. The van der Waals surface area contributed by atoms with Crippen LogP contribution in [0.15, 0.2) is 24.3 Å². The third-order valence-electron chi connectivity index (χ3n) is 2.17. The van der Waals surface area contributed by atoms with Gasteiger partial charge in [0.1, 0.15) is 11.8 Å². The molecular formula is C11H15NO3. The smallest absolute Gasteiger partial charge is 0.327 e. The minimum absolute atomic E-state index is 0.303. The summed E-state index contributed by atoms with van der Waals surface area (Å²) in [4.78, 5) is 11.4. The number of nitrogens with one attached hydrogen (secondary N) is 1. The summed E-state index contributed by atoms with van der Waals surface area (Å²) < 4.78 is 9.71. The molecule has 0 fully saturated rings. The molecule has 0 aromatic heterocycles. The van der Waals surface area contributed by atoms with E-state index in [1.165, 1.54) is 7.11 Å². The summed E-state index contributed by atoms with van der Waals surface area (Å²) in [6.07, 6.45) is 0. The van der Waals surface area contributed by atoms with E-state index in [0.29, 0.717) is 0 Å². The maximum atomic E-state index is 11.4. The van der Waals surface area contributed by atoms with E-state index in [2.05, 4.69) is 10.1 Å². The Bertz CT molecular complexity index is 321. The molecule has 0 radical (unpaired) electrons. The monoisotopic (exact) mass is 209 g/mol. The molecule has 0 amide bonds. The van der Waals surface area contributed by atoms with Crippen LogP contribution >= 0.6 is 0 Å². The van der Waals surface area contributed by atoms with Crippen LogP contribution in [0.1, 0.15) is 11.6 Å². The molecule has 0 aliphatic rings. The minimum Gasteiger partial charge on any atom is -0.497 e. The quantitative estimate of drug-likeness (QED) is 0.755. The lowest BCUT2D eigenvalue weighted by atomic mass is 10.1. The van der Waals surface area contributed by atoms with Crippen molar-refractivity contribution < 1.29 is 14.3 Å². The molecule has 1 aromatic carbocycles. The van der Waals surface area contributed by atoms with Crippen molar-refractivity contribution in [2.24, 2.45) is 0 Å². The van der Waals surface area contributed by atoms with Crippen molar-refractivity contribution in [3.05, 3.63) is 29.8 Å². The molecule has 0 aliphatic carbocycles. The molecule has 1 N–H and O–H groups in total. The van der Waals surface area contributed by atoms with Crippen molar-refractivity contribution in [1.82, 2.24) is 5.32 Å². The molecule has 1 rings (SSSR count). The lowest BCUT2D eigenvalue weighted by Gasteiger charge is -2.14. The summed E-state index contributed by atoms with van der Waals surface area (Å²) in [5.41, 5.74) is 0.852. The van der Waals surface area contributed by atoms with Gasteiger partial charge < -0.3 is 14.8 Å². The summed E-state index contributed by atoms with van der Waals surface area (Å²) in [6, 6.07) is 6.85. The predicted molar refractivity (Wildman–Crippen MR) is 56.8 cm³/mol. The first-order valence-electron chi connectivity index (χ1n) is 4.62. The first kappa shape index (κ1) is 11.5. The third-order valence-corrected chi connectivity index (χ3v) is 2.17. The van der Waals surface area contributed by atoms with Gasteiger partial charge in [0.15, 0.2) is 0 Å². The van der Waals surface area contributed by atoms with E-state index in [4.69, 9.17) is 4.74 Å². The Morgan fingerprint density at radius 1 is 1.27 bits per heavy atom. The van der Waals surface area contributed by atoms with Crippen molar-refractivity contribution in [2.45, 2.75) is 6.04 Å². The second kappa shape index (κ2) is 5.36. The van der Waals surface area contributed by atoms with Crippen LogP contribution in [-0.2, 0) is 9.53 Å². The van der Waals surface area contributed by atoms with Crippen molar-refractivity contribution in [3.63, 3.8) is 0 Å². The molecule has 0 aliphatic heterocycles. The molecule has 1 aromatic rings. The van der Waals surface area contributed by atoms with E-state index in [0.717, 1.165) is 11.3 Å². The molecule has 4 nitrogen and oxygen atoms in total. The van der Waals surface area contributed by atoms with Gasteiger partial charge in [-0.1, -0.05) is 12.1 Å². The van der Waals surface area contributed by atoms with Crippen molar-refractivity contribution in [3.8, 4) is 5.75 Å². The number of esters is 1. The molecular weight excluding hydrogens is 194 g/mol. The number of carbonyl (C=O) groups excluding carboxylic acids is 1. The number of rotatable bonds is 4. The van der Waals surface area contributed by atoms with Gasteiger partial charge in [0.05, 0.1) is 14.2 Å². The zero-order valence-electron chi connectivity index (χ0n) is 9.11. The van der Waals surface area contributed by atoms with Crippen LogP contribution in [0.25, 0.3) is 0 Å². The van der Waals surface area contributed by atoms with Gasteiger partial charge in [-0.25, -0.2) is 4.79 Å². The van der Waals surface area contributed by atoms with E-state index in [-0.39, 0.29) is 5.97 Å². The summed E-state index contributed by atoms with van der Waals surface area (Å²) >= 11 is 0. The Morgan fingerprint density at radius 2 is 1.87 bits per heavy atom. The number of ether oxygens (including phenoxy) is 2. The SMILES string of the molecule is CN[C@@H](C(=O)OC)c1ccc(OC)cc1. The summed E-state index contributed by atoms with van der Waals surface area (Å²) in [5.74, 6) is 0.459. The Morgan fingerprint density at radius 3 is 2.27 bits per heavy atom. The van der Waals surface area contributed by atoms with Crippen LogP contribution < -0.4 is 10.1 Å². The van der Waals surface area contributed by atoms with E-state index in [1.54, 1.807) is 14.2 Å². The minimum atomic E-state index is -0.430. The highest BCUT2D eigenvalue weighted by Crippen LogP contribution is 2.18. The van der Waals surface area contributed by atoms with Gasteiger partial charge in [-0.15, -0.1) is 0 Å². The molecule has 4 heteroatoms. The van der Waals surface area contributed by atoms with Crippen LogP contribution in [0, 0.1) is 0 Å². The van der Waals surface area contributed by atoms with Crippen LogP contribution in [-0.4, -0.2) is 27.2 Å². The van der Waals surface area contributed by atoms with E-state index in [9.17, 15) is 4.79 Å². The zero-order valence-corrected chi connectivity index (χ0v) is 9.11. The fourth-order valence-electron chi connectivity index (χ4n) is 1.33. The van der Waals surface area contributed by atoms with Gasteiger partial charge in [-0.3, -0.25) is 0 Å². The van der Waals surface area contributed by atoms with Crippen LogP contribution in [0.4, 0.5) is 0 Å². The molecule has 82 valence electrons. The van der Waals surface area contributed by atoms with Crippen LogP contribution in [0.5, 0.6) is 5.75 Å². The van der Waals surface area contributed by atoms with Crippen LogP contribution in [0.2, 0.25) is 0 Å². The fourth-order valence-corrected chi connectivity index (χ4v) is 1.33. The van der Waals surface area contributed by atoms with Gasteiger partial charge in [0.25, 0.3) is 0 Å². The van der Waals surface area contributed by atoms with Gasteiger partial charge in [-0.2, -0.15) is 0 Å².